The summed E-state index contributed by atoms with van der Waals surface area (Å²) in [5.74, 6) is 2.83. The average molecular weight is 247 g/mol. The standard InChI is InChI=1S/C15H25N3/c1-11(2)8-13-4-6-18(7-5-13)15-12(3)9-14(16)10-17-15/h9-11,13H,4-8,16H2,1-3H3. The van der Waals surface area contributed by atoms with Crippen molar-refractivity contribution in [2.75, 3.05) is 23.7 Å². The number of nitrogens with two attached hydrogens (primary N) is 1. The van der Waals surface area contributed by atoms with Crippen LogP contribution >= 0.6 is 0 Å². The second kappa shape index (κ2) is 5.59. The van der Waals surface area contributed by atoms with Crippen molar-refractivity contribution in [1.82, 2.24) is 4.98 Å². The molecule has 0 saturated carbocycles. The third-order valence-corrected chi connectivity index (χ3v) is 3.79. The van der Waals surface area contributed by atoms with Crippen molar-refractivity contribution in [1.29, 1.82) is 0 Å². The van der Waals surface area contributed by atoms with E-state index >= 15 is 0 Å². The van der Waals surface area contributed by atoms with E-state index in [1.165, 1.54) is 24.8 Å². The van der Waals surface area contributed by atoms with E-state index in [9.17, 15) is 0 Å². The highest BCUT2D eigenvalue weighted by molar-refractivity contribution is 5.52. The second-order valence-electron chi connectivity index (χ2n) is 5.97. The highest BCUT2D eigenvalue weighted by Crippen LogP contribution is 2.28. The van der Waals surface area contributed by atoms with Crippen molar-refractivity contribution in [3.05, 3.63) is 17.8 Å². The van der Waals surface area contributed by atoms with Gasteiger partial charge in [0, 0.05) is 13.1 Å². The van der Waals surface area contributed by atoms with Crippen LogP contribution in [0.2, 0.25) is 0 Å². The van der Waals surface area contributed by atoms with Crippen LogP contribution in [0.15, 0.2) is 12.3 Å². The van der Waals surface area contributed by atoms with Crippen LogP contribution in [-0.2, 0) is 0 Å². The monoisotopic (exact) mass is 247 g/mol. The number of pyridine rings is 1. The van der Waals surface area contributed by atoms with Gasteiger partial charge in [-0.15, -0.1) is 0 Å². The number of anilines is 2. The maximum Gasteiger partial charge on any atom is 0.131 e. The van der Waals surface area contributed by atoms with Crippen LogP contribution < -0.4 is 10.6 Å². The molecule has 2 heterocycles. The van der Waals surface area contributed by atoms with Crippen LogP contribution in [-0.4, -0.2) is 18.1 Å². The molecule has 2 N–H and O–H groups in total. The topological polar surface area (TPSA) is 42.1 Å². The SMILES string of the molecule is Cc1cc(N)cnc1N1CCC(CC(C)C)CC1. The van der Waals surface area contributed by atoms with Gasteiger partial charge in [0.05, 0.1) is 11.9 Å². The molecule has 18 heavy (non-hydrogen) atoms. The Hall–Kier alpha value is -1.25. The quantitative estimate of drug-likeness (QED) is 0.891. The van der Waals surface area contributed by atoms with Crippen molar-refractivity contribution in [2.45, 2.75) is 40.0 Å². The van der Waals surface area contributed by atoms with E-state index in [-0.39, 0.29) is 0 Å². The molecule has 3 nitrogen and oxygen atoms in total. The zero-order valence-electron chi connectivity index (χ0n) is 11.8. The lowest BCUT2D eigenvalue weighted by atomic mass is 9.88. The Kier molecular flexibility index (Phi) is 4.10. The summed E-state index contributed by atoms with van der Waals surface area (Å²) < 4.78 is 0. The molecule has 1 fully saturated rings. The predicted molar refractivity (Wildman–Crippen MR) is 77.8 cm³/mol. The lowest BCUT2D eigenvalue weighted by Crippen LogP contribution is -2.35. The zero-order valence-corrected chi connectivity index (χ0v) is 11.8. The van der Waals surface area contributed by atoms with E-state index in [0.29, 0.717) is 0 Å². The molecule has 3 heteroatoms. The molecule has 1 aliphatic heterocycles. The molecule has 0 unspecified atom stereocenters. The number of rotatable bonds is 3. The van der Waals surface area contributed by atoms with Crippen molar-refractivity contribution >= 4 is 11.5 Å². The van der Waals surface area contributed by atoms with Gasteiger partial charge in [0.15, 0.2) is 0 Å². The first kappa shape index (κ1) is 13.2. The summed E-state index contributed by atoms with van der Waals surface area (Å²) in [5.41, 5.74) is 7.70. The van der Waals surface area contributed by atoms with E-state index < -0.39 is 0 Å². The van der Waals surface area contributed by atoms with Gasteiger partial charge in [-0.25, -0.2) is 4.98 Å². The summed E-state index contributed by atoms with van der Waals surface area (Å²) in [4.78, 5) is 6.90. The normalized spacial score (nSPS) is 17.4. The maximum absolute atomic E-state index is 5.75. The van der Waals surface area contributed by atoms with Gasteiger partial charge in [0.1, 0.15) is 5.82 Å². The van der Waals surface area contributed by atoms with Gasteiger partial charge < -0.3 is 10.6 Å². The summed E-state index contributed by atoms with van der Waals surface area (Å²) in [5, 5.41) is 0. The van der Waals surface area contributed by atoms with Gasteiger partial charge in [-0.2, -0.15) is 0 Å². The second-order valence-corrected chi connectivity index (χ2v) is 5.97. The summed E-state index contributed by atoms with van der Waals surface area (Å²) in [6.45, 7) is 9.00. The molecule has 1 aromatic rings. The van der Waals surface area contributed by atoms with Gasteiger partial charge in [-0.1, -0.05) is 13.8 Å². The largest absolute Gasteiger partial charge is 0.397 e. The average Bonchev–Trinajstić information content (AvgIpc) is 2.30. The predicted octanol–water partition coefficient (Wildman–Crippen LogP) is 3.23. The number of nitrogen functional groups attached to an aromatic ring is 1. The highest BCUT2D eigenvalue weighted by atomic mass is 15.2. The fraction of sp³-hybridized carbons (Fsp3) is 0.667. The number of aromatic nitrogens is 1. The molecular weight excluding hydrogens is 222 g/mol. The Morgan fingerprint density at radius 2 is 2.06 bits per heavy atom. The fourth-order valence-corrected chi connectivity index (χ4v) is 2.97. The summed E-state index contributed by atoms with van der Waals surface area (Å²) >= 11 is 0. The highest BCUT2D eigenvalue weighted by Gasteiger charge is 2.21. The van der Waals surface area contributed by atoms with Crippen LogP contribution in [0.3, 0.4) is 0 Å². The molecule has 0 aliphatic carbocycles. The van der Waals surface area contributed by atoms with Crippen molar-refractivity contribution in [2.24, 2.45) is 11.8 Å². The molecule has 0 spiro atoms. The van der Waals surface area contributed by atoms with Crippen LogP contribution in [0.1, 0.15) is 38.7 Å². The lowest BCUT2D eigenvalue weighted by molar-refractivity contribution is 0.337. The van der Waals surface area contributed by atoms with Gasteiger partial charge >= 0.3 is 0 Å². The molecule has 0 atom stereocenters. The Morgan fingerprint density at radius 3 is 2.61 bits per heavy atom. The number of aryl methyl sites for hydroxylation is 1. The molecule has 0 aromatic carbocycles. The van der Waals surface area contributed by atoms with Gasteiger partial charge in [-0.3, -0.25) is 0 Å². The minimum atomic E-state index is 0.756. The van der Waals surface area contributed by atoms with Crippen molar-refractivity contribution in [3.63, 3.8) is 0 Å². The first-order valence-corrected chi connectivity index (χ1v) is 7.03. The van der Waals surface area contributed by atoms with Crippen molar-refractivity contribution < 1.29 is 0 Å². The third-order valence-electron chi connectivity index (χ3n) is 3.79. The first-order valence-electron chi connectivity index (χ1n) is 7.03. The molecule has 1 aromatic heterocycles. The number of nitrogens with zero attached hydrogens (tertiary/aromatic N) is 2. The number of piperidine rings is 1. The summed E-state index contributed by atoms with van der Waals surface area (Å²) in [6, 6.07) is 2.02. The Balaban J connectivity index is 1.97. The molecule has 0 bridgehead atoms. The molecule has 2 rings (SSSR count). The van der Waals surface area contributed by atoms with E-state index in [1.54, 1.807) is 6.20 Å². The summed E-state index contributed by atoms with van der Waals surface area (Å²) in [6.07, 6.45) is 5.72. The van der Waals surface area contributed by atoms with Crippen molar-refractivity contribution in [3.8, 4) is 0 Å². The Labute approximate surface area is 110 Å². The first-order chi connectivity index (χ1) is 8.56. The number of hydrogen-bond donors (Lipinski definition) is 1. The molecule has 0 amide bonds. The molecule has 100 valence electrons. The van der Waals surface area contributed by atoms with Crippen LogP contribution in [0.5, 0.6) is 0 Å². The zero-order chi connectivity index (χ0) is 13.1. The fourth-order valence-electron chi connectivity index (χ4n) is 2.97. The van der Waals surface area contributed by atoms with Gasteiger partial charge in [-0.05, 0) is 49.7 Å². The Morgan fingerprint density at radius 1 is 1.39 bits per heavy atom. The number of hydrogen-bond acceptors (Lipinski definition) is 3. The Bertz CT molecular complexity index is 393. The van der Waals surface area contributed by atoms with Gasteiger partial charge in [0.2, 0.25) is 0 Å². The van der Waals surface area contributed by atoms with E-state index in [0.717, 1.165) is 36.4 Å². The molecular formula is C15H25N3. The van der Waals surface area contributed by atoms with Gasteiger partial charge in [0.25, 0.3) is 0 Å². The minimum absolute atomic E-state index is 0.756. The van der Waals surface area contributed by atoms with E-state index in [1.807, 2.05) is 6.07 Å². The lowest BCUT2D eigenvalue weighted by Gasteiger charge is -2.34. The third kappa shape index (κ3) is 3.15. The minimum Gasteiger partial charge on any atom is -0.397 e. The van der Waals surface area contributed by atoms with E-state index in [4.69, 9.17) is 5.73 Å². The molecule has 1 aliphatic rings. The molecule has 1 saturated heterocycles. The molecule has 0 radical (unpaired) electrons. The van der Waals surface area contributed by atoms with Crippen LogP contribution in [0.4, 0.5) is 11.5 Å². The van der Waals surface area contributed by atoms with E-state index in [2.05, 4.69) is 30.7 Å². The van der Waals surface area contributed by atoms with Crippen LogP contribution in [0, 0.1) is 18.8 Å². The summed E-state index contributed by atoms with van der Waals surface area (Å²) in [7, 11) is 0. The maximum atomic E-state index is 5.75. The smallest absolute Gasteiger partial charge is 0.131 e. The van der Waals surface area contributed by atoms with Crippen LogP contribution in [0.25, 0.3) is 0 Å².